The molecular formula is C12H14N2O2. The molecule has 84 valence electrons. The lowest BCUT2D eigenvalue weighted by molar-refractivity contribution is -0.120. The Morgan fingerprint density at radius 2 is 2.25 bits per heavy atom. The summed E-state index contributed by atoms with van der Waals surface area (Å²) in [5.41, 5.74) is 2.00. The molecule has 0 saturated carbocycles. The second kappa shape index (κ2) is 4.81. The van der Waals surface area contributed by atoms with Crippen LogP contribution in [0.15, 0.2) is 30.5 Å². The number of nitrogens with one attached hydrogen (secondary N) is 2. The maximum atomic E-state index is 11.4. The number of amides is 1. The van der Waals surface area contributed by atoms with Crippen LogP contribution in [-0.2, 0) is 11.2 Å². The number of benzene rings is 1. The van der Waals surface area contributed by atoms with E-state index in [1.807, 2.05) is 30.5 Å². The molecule has 0 spiro atoms. The van der Waals surface area contributed by atoms with Crippen molar-refractivity contribution in [3.05, 3.63) is 36.0 Å². The maximum Gasteiger partial charge on any atom is 0.224 e. The summed E-state index contributed by atoms with van der Waals surface area (Å²) in [6.07, 6.45) is 2.22. The highest BCUT2D eigenvalue weighted by molar-refractivity contribution is 5.83. The number of H-pyrrole nitrogens is 1. The fraction of sp³-hybridized carbons (Fsp3) is 0.250. The second-order valence-corrected chi connectivity index (χ2v) is 3.65. The van der Waals surface area contributed by atoms with Crippen LogP contribution in [-0.4, -0.2) is 29.1 Å². The Hall–Kier alpha value is -1.81. The molecular weight excluding hydrogens is 204 g/mol. The molecule has 1 amide bonds. The molecule has 1 heterocycles. The third-order valence-corrected chi connectivity index (χ3v) is 2.42. The fourth-order valence-corrected chi connectivity index (χ4v) is 1.65. The average molecular weight is 218 g/mol. The van der Waals surface area contributed by atoms with E-state index in [4.69, 9.17) is 5.11 Å². The fourth-order valence-electron chi connectivity index (χ4n) is 1.65. The van der Waals surface area contributed by atoms with Crippen molar-refractivity contribution in [2.24, 2.45) is 0 Å². The first-order valence-electron chi connectivity index (χ1n) is 5.23. The van der Waals surface area contributed by atoms with E-state index < -0.39 is 0 Å². The minimum absolute atomic E-state index is 0.0264. The number of carbonyl (C=O) groups excluding carboxylic acids is 1. The Morgan fingerprint density at radius 3 is 3.06 bits per heavy atom. The van der Waals surface area contributed by atoms with Gasteiger partial charge in [0.05, 0.1) is 13.0 Å². The van der Waals surface area contributed by atoms with Gasteiger partial charge in [-0.2, -0.15) is 0 Å². The first-order chi connectivity index (χ1) is 7.79. The number of aliphatic hydroxyl groups is 1. The molecule has 0 aliphatic heterocycles. The standard InChI is InChI=1S/C12H14N2O2/c15-6-5-14-12(16)8-9-1-2-10-3-4-13-11(10)7-9/h1-4,7,13,15H,5-6,8H2,(H,14,16). The van der Waals surface area contributed by atoms with Crippen molar-refractivity contribution in [3.63, 3.8) is 0 Å². The molecule has 3 N–H and O–H groups in total. The molecule has 0 atom stereocenters. The quantitative estimate of drug-likeness (QED) is 0.711. The Bertz CT molecular complexity index is 490. The first kappa shape index (κ1) is 10.7. The smallest absolute Gasteiger partial charge is 0.224 e. The zero-order valence-electron chi connectivity index (χ0n) is 8.86. The predicted octanol–water partition coefficient (Wildman–Crippen LogP) is 0.819. The second-order valence-electron chi connectivity index (χ2n) is 3.65. The summed E-state index contributed by atoms with van der Waals surface area (Å²) in [5.74, 6) is -0.0695. The largest absolute Gasteiger partial charge is 0.395 e. The van der Waals surface area contributed by atoms with Crippen LogP contribution < -0.4 is 5.32 Å². The molecule has 1 aromatic carbocycles. The van der Waals surface area contributed by atoms with Gasteiger partial charge in [-0.3, -0.25) is 4.79 Å². The summed E-state index contributed by atoms with van der Waals surface area (Å²) in [5, 5.41) is 12.3. The van der Waals surface area contributed by atoms with Crippen LogP contribution in [0.25, 0.3) is 10.9 Å². The highest BCUT2D eigenvalue weighted by Crippen LogP contribution is 2.14. The van der Waals surface area contributed by atoms with Gasteiger partial charge in [-0.15, -0.1) is 0 Å². The van der Waals surface area contributed by atoms with Crippen LogP contribution in [0.2, 0.25) is 0 Å². The van der Waals surface area contributed by atoms with E-state index in [9.17, 15) is 4.79 Å². The predicted molar refractivity (Wildman–Crippen MR) is 62.1 cm³/mol. The van der Waals surface area contributed by atoms with Gasteiger partial charge in [0.15, 0.2) is 0 Å². The molecule has 0 aliphatic carbocycles. The van der Waals surface area contributed by atoms with Crippen molar-refractivity contribution in [1.82, 2.24) is 10.3 Å². The lowest BCUT2D eigenvalue weighted by atomic mass is 10.1. The highest BCUT2D eigenvalue weighted by atomic mass is 16.3. The number of aromatic nitrogens is 1. The van der Waals surface area contributed by atoms with Crippen LogP contribution in [0.4, 0.5) is 0 Å². The summed E-state index contributed by atoms with van der Waals surface area (Å²) in [4.78, 5) is 14.5. The van der Waals surface area contributed by atoms with Crippen LogP contribution in [0.1, 0.15) is 5.56 Å². The number of fused-ring (bicyclic) bond motifs is 1. The van der Waals surface area contributed by atoms with Crippen molar-refractivity contribution < 1.29 is 9.90 Å². The third-order valence-electron chi connectivity index (χ3n) is 2.42. The molecule has 2 aromatic rings. The van der Waals surface area contributed by atoms with Gasteiger partial charge in [-0.05, 0) is 23.1 Å². The van der Waals surface area contributed by atoms with Gasteiger partial charge in [-0.1, -0.05) is 12.1 Å². The maximum absolute atomic E-state index is 11.4. The molecule has 0 radical (unpaired) electrons. The van der Waals surface area contributed by atoms with Gasteiger partial charge in [0.1, 0.15) is 0 Å². The number of aliphatic hydroxyl groups excluding tert-OH is 1. The molecule has 0 fully saturated rings. The topological polar surface area (TPSA) is 65.1 Å². The Kier molecular flexibility index (Phi) is 3.22. The van der Waals surface area contributed by atoms with Crippen molar-refractivity contribution in [1.29, 1.82) is 0 Å². The number of rotatable bonds is 4. The van der Waals surface area contributed by atoms with E-state index in [2.05, 4.69) is 10.3 Å². The minimum Gasteiger partial charge on any atom is -0.395 e. The van der Waals surface area contributed by atoms with Gasteiger partial charge in [0, 0.05) is 18.3 Å². The summed E-state index contributed by atoms with van der Waals surface area (Å²) in [7, 11) is 0. The van der Waals surface area contributed by atoms with E-state index in [1.54, 1.807) is 0 Å². The van der Waals surface area contributed by atoms with Gasteiger partial charge >= 0.3 is 0 Å². The highest BCUT2D eigenvalue weighted by Gasteiger charge is 2.03. The zero-order chi connectivity index (χ0) is 11.4. The van der Waals surface area contributed by atoms with Crippen molar-refractivity contribution in [2.75, 3.05) is 13.2 Å². The van der Waals surface area contributed by atoms with E-state index in [0.717, 1.165) is 16.5 Å². The summed E-state index contributed by atoms with van der Waals surface area (Å²) in [6, 6.07) is 7.88. The Labute approximate surface area is 93.3 Å². The lowest BCUT2D eigenvalue weighted by Crippen LogP contribution is -2.27. The van der Waals surface area contributed by atoms with E-state index in [1.165, 1.54) is 0 Å². The zero-order valence-corrected chi connectivity index (χ0v) is 8.86. The number of hydrogen-bond donors (Lipinski definition) is 3. The molecule has 16 heavy (non-hydrogen) atoms. The van der Waals surface area contributed by atoms with Crippen molar-refractivity contribution in [3.8, 4) is 0 Å². The number of carbonyl (C=O) groups is 1. The molecule has 4 nitrogen and oxygen atoms in total. The molecule has 0 bridgehead atoms. The summed E-state index contributed by atoms with van der Waals surface area (Å²) >= 11 is 0. The first-order valence-corrected chi connectivity index (χ1v) is 5.23. The molecule has 2 rings (SSSR count). The van der Waals surface area contributed by atoms with E-state index in [0.29, 0.717) is 13.0 Å². The molecule has 4 heteroatoms. The third kappa shape index (κ3) is 2.41. The molecule has 0 aliphatic rings. The number of aromatic amines is 1. The molecule has 1 aromatic heterocycles. The summed E-state index contributed by atoms with van der Waals surface area (Å²) in [6.45, 7) is 0.283. The minimum atomic E-state index is -0.0695. The average Bonchev–Trinajstić information content (AvgIpc) is 2.73. The monoisotopic (exact) mass is 218 g/mol. The van der Waals surface area contributed by atoms with Crippen molar-refractivity contribution in [2.45, 2.75) is 6.42 Å². The normalized spacial score (nSPS) is 10.6. The van der Waals surface area contributed by atoms with Gasteiger partial charge in [0.2, 0.25) is 5.91 Å². The van der Waals surface area contributed by atoms with Gasteiger partial charge < -0.3 is 15.4 Å². The van der Waals surface area contributed by atoms with Crippen LogP contribution in [0, 0.1) is 0 Å². The summed E-state index contributed by atoms with van der Waals surface area (Å²) < 4.78 is 0. The van der Waals surface area contributed by atoms with Crippen LogP contribution in [0.5, 0.6) is 0 Å². The van der Waals surface area contributed by atoms with Gasteiger partial charge in [0.25, 0.3) is 0 Å². The van der Waals surface area contributed by atoms with E-state index in [-0.39, 0.29) is 12.5 Å². The SMILES string of the molecule is O=C(Cc1ccc2cc[nH]c2c1)NCCO. The lowest BCUT2D eigenvalue weighted by Gasteiger charge is -2.03. The number of hydrogen-bond acceptors (Lipinski definition) is 2. The van der Waals surface area contributed by atoms with Crippen LogP contribution >= 0.6 is 0 Å². The van der Waals surface area contributed by atoms with Gasteiger partial charge in [-0.25, -0.2) is 0 Å². The van der Waals surface area contributed by atoms with Crippen LogP contribution in [0.3, 0.4) is 0 Å². The van der Waals surface area contributed by atoms with E-state index >= 15 is 0 Å². The molecule has 0 unspecified atom stereocenters. The van der Waals surface area contributed by atoms with Crippen molar-refractivity contribution >= 4 is 16.8 Å². The Balaban J connectivity index is 2.06. The Morgan fingerprint density at radius 1 is 1.38 bits per heavy atom. The molecule has 0 saturated heterocycles.